The molecule has 2 aromatic heterocycles. The van der Waals surface area contributed by atoms with E-state index < -0.39 is 0 Å². The fraction of sp³-hybridized carbons (Fsp3) is 0.167. The average molecular weight is 243 g/mol. The third-order valence-corrected chi connectivity index (χ3v) is 2.20. The van der Waals surface area contributed by atoms with E-state index in [1.165, 1.54) is 12.4 Å². The van der Waals surface area contributed by atoms with Crippen LogP contribution in [0.2, 0.25) is 0 Å². The maximum atomic E-state index is 12.1. The molecule has 0 fully saturated rings. The van der Waals surface area contributed by atoms with Gasteiger partial charge in [-0.25, -0.2) is 9.97 Å². The van der Waals surface area contributed by atoms with Gasteiger partial charge in [-0.1, -0.05) is 0 Å². The summed E-state index contributed by atoms with van der Waals surface area (Å²) >= 11 is 0. The molecule has 0 saturated heterocycles. The van der Waals surface area contributed by atoms with E-state index in [4.69, 9.17) is 0 Å². The number of rotatable bonds is 4. The minimum Gasteiger partial charge on any atom is -0.370 e. The van der Waals surface area contributed by atoms with Crippen LogP contribution in [-0.4, -0.2) is 27.4 Å². The van der Waals surface area contributed by atoms with Gasteiger partial charge in [0.1, 0.15) is 5.82 Å². The first-order valence-electron chi connectivity index (χ1n) is 5.57. The summed E-state index contributed by atoms with van der Waals surface area (Å²) in [6.07, 6.45) is 6.19. The van der Waals surface area contributed by atoms with Gasteiger partial charge in [0.05, 0.1) is 11.8 Å². The first kappa shape index (κ1) is 12.0. The smallest absolute Gasteiger partial charge is 0.260 e. The zero-order valence-electron chi connectivity index (χ0n) is 9.92. The summed E-state index contributed by atoms with van der Waals surface area (Å²) < 4.78 is 0. The average Bonchev–Trinajstić information content (AvgIpc) is 2.41. The van der Waals surface area contributed by atoms with Gasteiger partial charge in [0.25, 0.3) is 5.91 Å². The molecule has 6 heteroatoms. The molecule has 2 heterocycles. The van der Waals surface area contributed by atoms with Crippen LogP contribution in [0.15, 0.2) is 36.9 Å². The summed E-state index contributed by atoms with van der Waals surface area (Å²) in [6.45, 7) is 2.64. The van der Waals surface area contributed by atoms with E-state index in [2.05, 4.69) is 25.6 Å². The van der Waals surface area contributed by atoms with E-state index in [-0.39, 0.29) is 5.91 Å². The van der Waals surface area contributed by atoms with Gasteiger partial charge in [0, 0.05) is 25.1 Å². The number of nitrogens with one attached hydrogen (secondary N) is 2. The summed E-state index contributed by atoms with van der Waals surface area (Å²) in [5.74, 6) is 0.703. The molecule has 1 amide bonds. The summed E-state index contributed by atoms with van der Waals surface area (Å²) in [7, 11) is 0. The molecule has 0 atom stereocenters. The normalized spacial score (nSPS) is 9.83. The van der Waals surface area contributed by atoms with Crippen LogP contribution in [0, 0.1) is 0 Å². The Bertz CT molecular complexity index is 529. The molecule has 18 heavy (non-hydrogen) atoms. The van der Waals surface area contributed by atoms with Gasteiger partial charge in [-0.15, -0.1) is 0 Å². The van der Waals surface area contributed by atoms with Crippen molar-refractivity contribution in [3.05, 3.63) is 42.5 Å². The van der Waals surface area contributed by atoms with Gasteiger partial charge in [0.15, 0.2) is 5.82 Å². The van der Waals surface area contributed by atoms with Gasteiger partial charge >= 0.3 is 0 Å². The van der Waals surface area contributed by atoms with Crippen LogP contribution in [0.5, 0.6) is 0 Å². The van der Waals surface area contributed by atoms with Crippen molar-refractivity contribution in [2.24, 2.45) is 0 Å². The quantitative estimate of drug-likeness (QED) is 0.851. The second-order valence-corrected chi connectivity index (χ2v) is 3.47. The molecule has 0 aliphatic rings. The van der Waals surface area contributed by atoms with E-state index in [1.807, 2.05) is 6.92 Å². The van der Waals surface area contributed by atoms with Gasteiger partial charge in [-0.2, -0.15) is 0 Å². The molecular formula is C12H13N5O. The van der Waals surface area contributed by atoms with Crippen molar-refractivity contribution in [2.75, 3.05) is 17.2 Å². The lowest BCUT2D eigenvalue weighted by atomic mass is 10.2. The first-order valence-corrected chi connectivity index (χ1v) is 5.57. The highest BCUT2D eigenvalue weighted by Gasteiger charge is 2.12. The number of hydrogen-bond acceptors (Lipinski definition) is 5. The van der Waals surface area contributed by atoms with E-state index in [0.29, 0.717) is 23.7 Å². The molecule has 0 spiro atoms. The van der Waals surface area contributed by atoms with E-state index in [1.54, 1.807) is 24.5 Å². The van der Waals surface area contributed by atoms with E-state index >= 15 is 0 Å². The van der Waals surface area contributed by atoms with Crippen molar-refractivity contribution in [1.82, 2.24) is 15.0 Å². The van der Waals surface area contributed by atoms with E-state index in [9.17, 15) is 4.79 Å². The zero-order valence-corrected chi connectivity index (χ0v) is 9.92. The van der Waals surface area contributed by atoms with E-state index in [0.717, 1.165) is 0 Å². The Morgan fingerprint density at radius 3 is 2.89 bits per heavy atom. The molecule has 92 valence electrons. The number of carbonyl (C=O) groups excluding carboxylic acids is 1. The maximum Gasteiger partial charge on any atom is 0.260 e. The second-order valence-electron chi connectivity index (χ2n) is 3.47. The number of amides is 1. The maximum absolute atomic E-state index is 12.1. The minimum atomic E-state index is -0.264. The lowest BCUT2D eigenvalue weighted by Crippen LogP contribution is -2.16. The number of hydrogen-bond donors (Lipinski definition) is 2. The Morgan fingerprint density at radius 1 is 1.28 bits per heavy atom. The van der Waals surface area contributed by atoms with Gasteiger partial charge in [0.2, 0.25) is 0 Å². The molecule has 0 radical (unpaired) electrons. The zero-order chi connectivity index (χ0) is 12.8. The lowest BCUT2D eigenvalue weighted by Gasteiger charge is -2.08. The van der Waals surface area contributed by atoms with Crippen LogP contribution in [-0.2, 0) is 0 Å². The lowest BCUT2D eigenvalue weighted by molar-refractivity contribution is 0.102. The Kier molecular flexibility index (Phi) is 3.80. The molecule has 6 nitrogen and oxygen atoms in total. The molecule has 0 unspecified atom stereocenters. The van der Waals surface area contributed by atoms with Crippen molar-refractivity contribution in [3.8, 4) is 0 Å². The highest BCUT2D eigenvalue weighted by molar-refractivity contribution is 6.06. The van der Waals surface area contributed by atoms with Gasteiger partial charge in [-0.3, -0.25) is 9.78 Å². The highest BCUT2D eigenvalue weighted by atomic mass is 16.1. The van der Waals surface area contributed by atoms with Crippen LogP contribution in [0.1, 0.15) is 17.3 Å². The fourth-order valence-electron chi connectivity index (χ4n) is 1.44. The molecule has 2 rings (SSSR count). The largest absolute Gasteiger partial charge is 0.370 e. The number of anilines is 2. The number of pyridine rings is 1. The molecule has 2 aromatic rings. The summed E-state index contributed by atoms with van der Waals surface area (Å²) in [5.41, 5.74) is 0.477. The van der Waals surface area contributed by atoms with Crippen LogP contribution in [0.25, 0.3) is 0 Å². The number of aromatic nitrogens is 3. The molecule has 0 bridgehead atoms. The Labute approximate surface area is 105 Å². The van der Waals surface area contributed by atoms with Crippen LogP contribution < -0.4 is 10.6 Å². The topological polar surface area (TPSA) is 79.8 Å². The first-order chi connectivity index (χ1) is 8.81. The molecule has 0 aliphatic heterocycles. The predicted octanol–water partition coefficient (Wildman–Crippen LogP) is 1.56. The molecule has 2 N–H and O–H groups in total. The van der Waals surface area contributed by atoms with Crippen molar-refractivity contribution in [1.29, 1.82) is 0 Å². The third kappa shape index (κ3) is 2.79. The fourth-order valence-corrected chi connectivity index (χ4v) is 1.44. The number of nitrogens with zero attached hydrogens (tertiary/aromatic N) is 3. The van der Waals surface area contributed by atoms with Crippen molar-refractivity contribution in [3.63, 3.8) is 0 Å². The highest BCUT2D eigenvalue weighted by Crippen LogP contribution is 2.12. The second kappa shape index (κ2) is 5.72. The Morgan fingerprint density at radius 2 is 2.17 bits per heavy atom. The minimum absolute atomic E-state index is 0.264. The Hall–Kier alpha value is -2.50. The third-order valence-electron chi connectivity index (χ3n) is 2.20. The SMILES string of the molecule is CCNc1ncccc1C(=O)Nc1cnccn1. The van der Waals surface area contributed by atoms with Gasteiger partial charge in [-0.05, 0) is 19.1 Å². The molecular weight excluding hydrogens is 230 g/mol. The van der Waals surface area contributed by atoms with Crippen LogP contribution >= 0.6 is 0 Å². The monoisotopic (exact) mass is 243 g/mol. The molecule has 0 saturated carbocycles. The van der Waals surface area contributed by atoms with Crippen LogP contribution in [0.4, 0.5) is 11.6 Å². The molecule has 0 aliphatic carbocycles. The van der Waals surface area contributed by atoms with Crippen molar-refractivity contribution in [2.45, 2.75) is 6.92 Å². The summed E-state index contributed by atoms with van der Waals surface area (Å²) in [4.78, 5) is 24.0. The van der Waals surface area contributed by atoms with Crippen LogP contribution in [0.3, 0.4) is 0 Å². The standard InChI is InChI=1S/C12H13N5O/c1-2-14-11-9(4-3-5-16-11)12(18)17-10-8-13-6-7-15-10/h3-8H,2H2,1H3,(H,14,16)(H,15,17,18). The van der Waals surface area contributed by atoms with Crippen molar-refractivity contribution >= 4 is 17.5 Å². The number of carbonyl (C=O) groups is 1. The Balaban J connectivity index is 2.19. The van der Waals surface area contributed by atoms with Gasteiger partial charge < -0.3 is 10.6 Å². The van der Waals surface area contributed by atoms with Crippen molar-refractivity contribution < 1.29 is 4.79 Å². The molecule has 0 aromatic carbocycles. The predicted molar refractivity (Wildman–Crippen MR) is 68.4 cm³/mol. The summed E-state index contributed by atoms with van der Waals surface area (Å²) in [5, 5.41) is 5.70. The summed E-state index contributed by atoms with van der Waals surface area (Å²) in [6, 6.07) is 3.42.